The average Bonchev–Trinajstić information content (AvgIpc) is 3.36. The van der Waals surface area contributed by atoms with E-state index in [9.17, 15) is 0 Å². The maximum absolute atomic E-state index is 7.14. The molecule has 6 aromatic rings. The summed E-state index contributed by atoms with van der Waals surface area (Å²) in [6.07, 6.45) is 31.0. The van der Waals surface area contributed by atoms with Gasteiger partial charge in [-0.05, 0) is 60.8 Å². The molecule has 0 saturated heterocycles. The van der Waals surface area contributed by atoms with Gasteiger partial charge in [0.2, 0.25) is 0 Å². The monoisotopic (exact) mass is 875 g/mol. The molecule has 0 N–H and O–H groups in total. The molecule has 65 heavy (non-hydrogen) atoms. The van der Waals surface area contributed by atoms with Crippen molar-refractivity contribution in [3.8, 4) is 34.3 Å². The van der Waals surface area contributed by atoms with Crippen molar-refractivity contribution >= 4 is 0 Å². The fourth-order valence-electron chi connectivity index (χ4n) is 8.33. The van der Waals surface area contributed by atoms with Crippen LogP contribution < -0.4 is 9.47 Å². The zero-order valence-electron chi connectivity index (χ0n) is 39.4. The fraction of sp³-hybridized carbons (Fsp3) is 0.448. The van der Waals surface area contributed by atoms with Gasteiger partial charge in [-0.25, -0.2) is 19.9 Å². The molecule has 0 aliphatic rings. The Morgan fingerprint density at radius 1 is 0.385 bits per heavy atom. The minimum atomic E-state index is -0.0745. The molecule has 2 heterocycles. The minimum absolute atomic E-state index is 0.0745. The van der Waals surface area contributed by atoms with Gasteiger partial charge in [0.05, 0.1) is 50.2 Å². The number of benzene rings is 4. The second-order valence-corrected chi connectivity index (χ2v) is 17.5. The highest BCUT2D eigenvalue weighted by atomic mass is 16.5. The second kappa shape index (κ2) is 29.2. The Morgan fingerprint density at radius 3 is 1.08 bits per heavy atom. The molecule has 0 amide bonds. The predicted octanol–water partition coefficient (Wildman–Crippen LogP) is 15.7. The fourth-order valence-corrected chi connectivity index (χ4v) is 8.33. The molecular formula is C58H74N4O3. The van der Waals surface area contributed by atoms with Crippen molar-refractivity contribution in [3.63, 3.8) is 0 Å². The number of hydrogen-bond donors (Lipinski definition) is 0. The van der Waals surface area contributed by atoms with E-state index in [0.29, 0.717) is 24.9 Å². The molecule has 2 aromatic heterocycles. The smallest absolute Gasteiger partial charge is 0.159 e. The third kappa shape index (κ3) is 17.8. The summed E-state index contributed by atoms with van der Waals surface area (Å²) in [5.74, 6) is 2.88. The van der Waals surface area contributed by atoms with Gasteiger partial charge in [-0.1, -0.05) is 213 Å². The predicted molar refractivity (Wildman–Crippen MR) is 267 cm³/mol. The van der Waals surface area contributed by atoms with E-state index in [4.69, 9.17) is 14.2 Å². The molecule has 344 valence electrons. The van der Waals surface area contributed by atoms with Crippen molar-refractivity contribution < 1.29 is 14.2 Å². The summed E-state index contributed by atoms with van der Waals surface area (Å²) in [6, 6.07) is 38.6. The lowest BCUT2D eigenvalue weighted by molar-refractivity contribution is -0.0237. The van der Waals surface area contributed by atoms with Gasteiger partial charge in [0.15, 0.2) is 23.1 Å². The van der Waals surface area contributed by atoms with Gasteiger partial charge in [0.1, 0.15) is 0 Å². The first-order chi connectivity index (χ1) is 32.2. The van der Waals surface area contributed by atoms with Crippen LogP contribution in [-0.2, 0) is 17.6 Å². The van der Waals surface area contributed by atoms with Crippen LogP contribution in [0.5, 0.6) is 11.5 Å². The van der Waals surface area contributed by atoms with E-state index in [-0.39, 0.29) is 12.2 Å². The zero-order valence-corrected chi connectivity index (χ0v) is 39.4. The lowest BCUT2D eigenvalue weighted by Gasteiger charge is -2.26. The summed E-state index contributed by atoms with van der Waals surface area (Å²) >= 11 is 0. The number of unbranched alkanes of at least 4 members (excludes halogenated alkanes) is 14. The quantitative estimate of drug-likeness (QED) is 0.0391. The molecule has 4 aromatic carbocycles. The molecule has 0 saturated carbocycles. The average molecular weight is 875 g/mol. The number of nitrogens with zero attached hydrogens (tertiary/aromatic N) is 4. The summed E-state index contributed by atoms with van der Waals surface area (Å²) in [4.78, 5) is 18.5. The highest BCUT2D eigenvalue weighted by Crippen LogP contribution is 2.34. The van der Waals surface area contributed by atoms with Crippen LogP contribution in [-0.4, -0.2) is 33.1 Å². The Bertz CT molecular complexity index is 1960. The van der Waals surface area contributed by atoms with Gasteiger partial charge in [-0.15, -0.1) is 0 Å². The van der Waals surface area contributed by atoms with E-state index < -0.39 is 0 Å². The maximum Gasteiger partial charge on any atom is 0.159 e. The van der Waals surface area contributed by atoms with Crippen molar-refractivity contribution in [3.05, 3.63) is 156 Å². The molecule has 0 fully saturated rings. The molecule has 0 bridgehead atoms. The largest absolute Gasteiger partial charge is 0.490 e. The van der Waals surface area contributed by atoms with Crippen molar-refractivity contribution in [2.45, 2.75) is 154 Å². The van der Waals surface area contributed by atoms with Gasteiger partial charge < -0.3 is 14.2 Å². The van der Waals surface area contributed by atoms with Crippen LogP contribution in [0.25, 0.3) is 22.8 Å². The maximum atomic E-state index is 7.14. The van der Waals surface area contributed by atoms with Crippen LogP contribution in [0.15, 0.2) is 134 Å². The van der Waals surface area contributed by atoms with Crippen LogP contribution >= 0.6 is 0 Å². The van der Waals surface area contributed by atoms with Crippen LogP contribution in [0.2, 0.25) is 0 Å². The molecule has 2 unspecified atom stereocenters. The van der Waals surface area contributed by atoms with Gasteiger partial charge >= 0.3 is 0 Å². The van der Waals surface area contributed by atoms with Crippen LogP contribution in [0.1, 0.15) is 164 Å². The Labute approximate surface area is 390 Å². The van der Waals surface area contributed by atoms with E-state index in [1.54, 1.807) is 24.8 Å². The van der Waals surface area contributed by atoms with Crippen molar-refractivity contribution in [1.82, 2.24) is 19.9 Å². The van der Waals surface area contributed by atoms with Crippen LogP contribution in [0.4, 0.5) is 0 Å². The van der Waals surface area contributed by atoms with Crippen molar-refractivity contribution in [2.75, 3.05) is 13.2 Å². The highest BCUT2D eigenvalue weighted by molar-refractivity contribution is 5.56. The van der Waals surface area contributed by atoms with Gasteiger partial charge in [0.25, 0.3) is 0 Å². The third-order valence-corrected chi connectivity index (χ3v) is 12.3. The number of aromatic nitrogens is 4. The molecule has 0 aliphatic heterocycles. The number of aryl methyl sites for hydroxylation is 2. The van der Waals surface area contributed by atoms with Crippen molar-refractivity contribution in [1.29, 1.82) is 0 Å². The standard InChI is InChI=1S/C58H74N4O3/c1-3-5-7-9-11-13-15-23-41-63-53-43-59-57(60-44-53)51-35-29-47(30-36-51)33-39-55(49-25-19-17-20-26-49)65-56(50-27-21-18-22-28-50)40-34-48-31-37-52(38-32-48)58-61-45-54(46-62-58)64-42-24-16-14-12-10-8-6-4-2/h17-22,25-32,35-38,43-46,55-56H,3-16,23-24,33-34,39-42H2,1-2H3. The SMILES string of the molecule is CCCCCCCCCCOc1cnc(-c2ccc(CCC(OC(CCc3ccc(-c4ncc(OCCCCCCCCCC)cn4)cc3)c3ccccc3)c3ccccc3)cc2)nc1. The minimum Gasteiger partial charge on any atom is -0.490 e. The first kappa shape index (κ1) is 49.0. The Balaban J connectivity index is 0.988. The van der Waals surface area contributed by atoms with E-state index >= 15 is 0 Å². The second-order valence-electron chi connectivity index (χ2n) is 17.5. The molecule has 2 atom stereocenters. The number of ether oxygens (including phenoxy) is 3. The lowest BCUT2D eigenvalue weighted by atomic mass is 9.97. The van der Waals surface area contributed by atoms with E-state index in [0.717, 1.165) is 61.2 Å². The Hall–Kier alpha value is -5.40. The lowest BCUT2D eigenvalue weighted by Crippen LogP contribution is -2.13. The Morgan fingerprint density at radius 2 is 0.723 bits per heavy atom. The topological polar surface area (TPSA) is 79.2 Å². The summed E-state index contributed by atoms with van der Waals surface area (Å²) in [5, 5.41) is 0. The van der Waals surface area contributed by atoms with Gasteiger partial charge in [0, 0.05) is 11.1 Å². The normalized spacial score (nSPS) is 12.2. The van der Waals surface area contributed by atoms with Crippen LogP contribution in [0.3, 0.4) is 0 Å². The highest BCUT2D eigenvalue weighted by Gasteiger charge is 2.21. The van der Waals surface area contributed by atoms with Gasteiger partial charge in [-0.2, -0.15) is 0 Å². The molecule has 0 aliphatic carbocycles. The summed E-state index contributed by atoms with van der Waals surface area (Å²) < 4.78 is 19.0. The Kier molecular flexibility index (Phi) is 22.0. The summed E-state index contributed by atoms with van der Waals surface area (Å²) in [7, 11) is 0. The van der Waals surface area contributed by atoms with E-state index in [1.807, 2.05) is 0 Å². The third-order valence-electron chi connectivity index (χ3n) is 12.3. The zero-order chi connectivity index (χ0) is 45.0. The molecule has 0 radical (unpaired) electrons. The van der Waals surface area contributed by atoms with Gasteiger partial charge in [-0.3, -0.25) is 0 Å². The molecule has 7 heteroatoms. The van der Waals surface area contributed by atoms with Crippen molar-refractivity contribution in [2.24, 2.45) is 0 Å². The summed E-state index contributed by atoms with van der Waals surface area (Å²) in [5.41, 5.74) is 6.89. The summed E-state index contributed by atoms with van der Waals surface area (Å²) in [6.45, 7) is 5.95. The number of rotatable bonds is 32. The number of hydrogen-bond acceptors (Lipinski definition) is 7. The molecule has 0 spiro atoms. The van der Waals surface area contributed by atoms with E-state index in [1.165, 1.54) is 112 Å². The molecule has 6 rings (SSSR count). The first-order valence-corrected chi connectivity index (χ1v) is 25.0. The molecular weight excluding hydrogens is 801 g/mol. The van der Waals surface area contributed by atoms with Crippen LogP contribution in [0, 0.1) is 0 Å². The molecule has 7 nitrogen and oxygen atoms in total. The first-order valence-electron chi connectivity index (χ1n) is 25.0. The van der Waals surface area contributed by atoms with E-state index in [2.05, 4.69) is 143 Å².